The Labute approximate surface area is 226 Å². The molecule has 0 N–H and O–H groups in total. The van der Waals surface area contributed by atoms with Gasteiger partial charge in [0.2, 0.25) is 0 Å². The van der Waals surface area contributed by atoms with Crippen LogP contribution in [0.4, 0.5) is 0 Å². The van der Waals surface area contributed by atoms with Crippen molar-refractivity contribution in [2.75, 3.05) is 7.11 Å². The fraction of sp³-hybridized carbons (Fsp3) is 0.0286. The Hall–Kier alpha value is -3.82. The summed E-state index contributed by atoms with van der Waals surface area (Å²) in [5, 5.41) is 0. The summed E-state index contributed by atoms with van der Waals surface area (Å²) in [6.45, 7) is 0. The van der Waals surface area contributed by atoms with Gasteiger partial charge in [-0.05, 0) is 0 Å². The van der Waals surface area contributed by atoms with E-state index in [1.165, 1.54) is 44.2 Å². The van der Waals surface area contributed by atoms with Crippen molar-refractivity contribution in [3.8, 4) is 5.75 Å². The molecule has 0 atom stereocenters. The molecular weight excluding hydrogens is 555 g/mol. The number of allylic oxidation sites excluding steroid dienone is 2. The third-order valence-electron chi connectivity index (χ3n) is 6.88. The molecule has 5 aromatic rings. The van der Waals surface area contributed by atoms with Crippen molar-refractivity contribution in [1.29, 1.82) is 0 Å². The van der Waals surface area contributed by atoms with Gasteiger partial charge in [-0.3, -0.25) is 0 Å². The molecule has 5 aromatic carbocycles. The maximum atomic E-state index is 5.53. The Morgan fingerprint density at radius 1 is 0.405 bits per heavy atom. The van der Waals surface area contributed by atoms with Crippen molar-refractivity contribution in [1.82, 2.24) is 0 Å². The summed E-state index contributed by atoms with van der Waals surface area (Å²) in [6.07, 6.45) is 0. The SMILES string of the molecule is COc1cc[c]([Sn]2[C](c3ccccc3)=C(c3ccccc3)C(c3ccccc3)=[C]2c2ccccc2)cc1. The Kier molecular flexibility index (Phi) is 6.79. The first-order chi connectivity index (χ1) is 18.3. The van der Waals surface area contributed by atoms with E-state index in [9.17, 15) is 0 Å². The van der Waals surface area contributed by atoms with Gasteiger partial charge < -0.3 is 0 Å². The predicted molar refractivity (Wildman–Crippen MR) is 158 cm³/mol. The monoisotopic (exact) mass is 583 g/mol. The van der Waals surface area contributed by atoms with Crippen LogP contribution in [-0.4, -0.2) is 26.9 Å². The van der Waals surface area contributed by atoms with Crippen molar-refractivity contribution in [2.45, 2.75) is 0 Å². The second-order valence-corrected chi connectivity index (χ2v) is 15.7. The van der Waals surface area contributed by atoms with Gasteiger partial charge in [-0.15, -0.1) is 0 Å². The molecule has 1 nitrogen and oxygen atoms in total. The van der Waals surface area contributed by atoms with Crippen LogP contribution in [0.3, 0.4) is 0 Å². The van der Waals surface area contributed by atoms with E-state index in [-0.39, 0.29) is 0 Å². The van der Waals surface area contributed by atoms with Crippen LogP contribution < -0.4 is 8.32 Å². The molecular formula is C35H27OSn. The maximum absolute atomic E-state index is 5.53. The molecule has 0 saturated heterocycles. The van der Waals surface area contributed by atoms with Crippen molar-refractivity contribution >= 4 is 41.7 Å². The number of rotatable bonds is 6. The molecule has 0 unspecified atom stereocenters. The molecule has 0 bridgehead atoms. The van der Waals surface area contributed by atoms with Gasteiger partial charge in [-0.2, -0.15) is 0 Å². The first-order valence-electron chi connectivity index (χ1n) is 12.6. The average molecular weight is 582 g/mol. The van der Waals surface area contributed by atoms with E-state index < -0.39 is 19.8 Å². The molecule has 6 rings (SSSR count). The van der Waals surface area contributed by atoms with Crippen LogP contribution >= 0.6 is 0 Å². The van der Waals surface area contributed by atoms with Crippen molar-refractivity contribution < 1.29 is 4.74 Å². The molecule has 1 heterocycles. The molecule has 2 heteroatoms. The normalized spacial score (nSPS) is 13.8. The zero-order chi connectivity index (χ0) is 25.0. The summed E-state index contributed by atoms with van der Waals surface area (Å²) < 4.78 is 10.0. The minimum absolute atomic E-state index is 0.896. The molecule has 0 amide bonds. The zero-order valence-electron chi connectivity index (χ0n) is 20.8. The standard InChI is InChI=1S/C28H20.C7H7O.Sn/c1-5-13-23(14-6-1)21-27(25-17-9-3-10-18-25)28(26-19-11-4-12-20-26)22-24-15-7-2-8-16-24;1-8-7-5-3-2-4-6-7;/h1-20H;3-6H,1H3;. The van der Waals surface area contributed by atoms with Crippen LogP contribution in [-0.2, 0) is 0 Å². The predicted octanol–water partition coefficient (Wildman–Crippen LogP) is 7.71. The van der Waals surface area contributed by atoms with Crippen LogP contribution in [0.1, 0.15) is 22.3 Å². The quantitative estimate of drug-likeness (QED) is 0.187. The van der Waals surface area contributed by atoms with Gasteiger partial charge in [0.1, 0.15) is 0 Å². The van der Waals surface area contributed by atoms with E-state index >= 15 is 0 Å². The van der Waals surface area contributed by atoms with Gasteiger partial charge in [0.15, 0.2) is 0 Å². The summed E-state index contributed by atoms with van der Waals surface area (Å²) in [4.78, 5) is 0. The zero-order valence-corrected chi connectivity index (χ0v) is 23.6. The molecule has 0 saturated carbocycles. The summed E-state index contributed by atoms with van der Waals surface area (Å²) in [5.41, 5.74) is 7.96. The van der Waals surface area contributed by atoms with Crippen molar-refractivity contribution in [3.05, 3.63) is 168 Å². The van der Waals surface area contributed by atoms with Crippen molar-refractivity contribution in [2.24, 2.45) is 0 Å². The van der Waals surface area contributed by atoms with Crippen LogP contribution in [0.25, 0.3) is 18.3 Å². The Morgan fingerprint density at radius 3 is 1.11 bits per heavy atom. The number of methoxy groups -OCH3 is 1. The van der Waals surface area contributed by atoms with Gasteiger partial charge in [0.25, 0.3) is 0 Å². The van der Waals surface area contributed by atoms with Crippen LogP contribution in [0.2, 0.25) is 0 Å². The molecule has 1 radical (unpaired) electrons. The van der Waals surface area contributed by atoms with E-state index in [2.05, 4.69) is 146 Å². The number of benzene rings is 5. The van der Waals surface area contributed by atoms with E-state index in [0.717, 1.165) is 5.75 Å². The van der Waals surface area contributed by atoms with Crippen LogP contribution in [0.15, 0.2) is 146 Å². The Bertz CT molecular complexity index is 1450. The van der Waals surface area contributed by atoms with Gasteiger partial charge in [0.05, 0.1) is 0 Å². The first-order valence-corrected chi connectivity index (χ1v) is 16.9. The van der Waals surface area contributed by atoms with Crippen molar-refractivity contribution in [3.63, 3.8) is 0 Å². The Balaban J connectivity index is 1.75. The van der Waals surface area contributed by atoms with E-state index in [4.69, 9.17) is 4.74 Å². The van der Waals surface area contributed by atoms with E-state index in [1.54, 1.807) is 7.11 Å². The molecule has 0 aliphatic carbocycles. The summed E-state index contributed by atoms with van der Waals surface area (Å²) in [5.74, 6) is 0.896. The summed E-state index contributed by atoms with van der Waals surface area (Å²) in [7, 11) is 1.73. The Morgan fingerprint density at radius 2 is 0.757 bits per heavy atom. The van der Waals surface area contributed by atoms with Crippen LogP contribution in [0, 0.1) is 0 Å². The first kappa shape index (κ1) is 23.6. The fourth-order valence-electron chi connectivity index (χ4n) is 5.25. The summed E-state index contributed by atoms with van der Waals surface area (Å²) in [6, 6.07) is 52.8. The topological polar surface area (TPSA) is 9.23 Å². The van der Waals surface area contributed by atoms with Gasteiger partial charge in [0, 0.05) is 0 Å². The molecule has 1 aliphatic heterocycles. The number of hydrogen-bond acceptors (Lipinski definition) is 1. The molecule has 37 heavy (non-hydrogen) atoms. The molecule has 1 aliphatic rings. The molecule has 177 valence electrons. The van der Waals surface area contributed by atoms with Gasteiger partial charge in [-0.25, -0.2) is 0 Å². The van der Waals surface area contributed by atoms with E-state index in [1.807, 2.05) is 0 Å². The third kappa shape index (κ3) is 4.56. The van der Waals surface area contributed by atoms with Crippen LogP contribution in [0.5, 0.6) is 5.75 Å². The fourth-order valence-corrected chi connectivity index (χ4v) is 14.6. The third-order valence-corrected chi connectivity index (χ3v) is 15.4. The molecule has 0 aromatic heterocycles. The summed E-state index contributed by atoms with van der Waals surface area (Å²) >= 11 is -2.72. The van der Waals surface area contributed by atoms with Gasteiger partial charge >= 0.3 is 227 Å². The minimum atomic E-state index is -2.72. The average Bonchev–Trinajstić information content (AvgIpc) is 3.35. The van der Waals surface area contributed by atoms with Gasteiger partial charge in [-0.1, -0.05) is 0 Å². The number of ether oxygens (including phenoxy) is 1. The molecule has 0 spiro atoms. The second-order valence-electron chi connectivity index (χ2n) is 9.07. The number of hydrogen-bond donors (Lipinski definition) is 0. The van der Waals surface area contributed by atoms with E-state index in [0.29, 0.717) is 0 Å². The second kappa shape index (κ2) is 10.7. The molecule has 0 fully saturated rings.